The molecule has 0 heterocycles. The van der Waals surface area contributed by atoms with Gasteiger partial charge in [0.1, 0.15) is 5.75 Å². The summed E-state index contributed by atoms with van der Waals surface area (Å²) in [7, 11) is 3.37. The number of benzene rings is 1. The number of amides is 3. The predicted molar refractivity (Wildman–Crippen MR) is 82.7 cm³/mol. The lowest BCUT2D eigenvalue weighted by Gasteiger charge is -2.13. The minimum absolute atomic E-state index is 0.0272. The van der Waals surface area contributed by atoms with Gasteiger partial charge in [-0.2, -0.15) is 0 Å². The van der Waals surface area contributed by atoms with Crippen molar-refractivity contribution >= 4 is 17.6 Å². The lowest BCUT2D eigenvalue weighted by molar-refractivity contribution is -0.128. The highest BCUT2D eigenvalue weighted by atomic mass is 16.5. The molecule has 0 unspecified atom stereocenters. The molecule has 6 nitrogen and oxygen atoms in total. The first-order valence-electron chi connectivity index (χ1n) is 6.92. The fourth-order valence-corrected chi connectivity index (χ4v) is 1.68. The lowest BCUT2D eigenvalue weighted by Crippen LogP contribution is -2.33. The van der Waals surface area contributed by atoms with Crippen molar-refractivity contribution in [2.75, 3.05) is 32.6 Å². The highest BCUT2D eigenvalue weighted by molar-refractivity contribution is 5.91. The third-order valence-corrected chi connectivity index (χ3v) is 2.81. The molecule has 0 atom stereocenters. The Bertz CT molecular complexity index is 501. The number of carbonyl (C=O) groups is 2. The molecule has 2 N–H and O–H groups in total. The number of urea groups is 1. The molecule has 0 saturated heterocycles. The minimum atomic E-state index is -0.355. The van der Waals surface area contributed by atoms with E-state index in [4.69, 9.17) is 4.74 Å². The van der Waals surface area contributed by atoms with E-state index in [1.807, 2.05) is 26.0 Å². The second-order valence-electron chi connectivity index (χ2n) is 4.85. The van der Waals surface area contributed by atoms with Gasteiger partial charge in [0.2, 0.25) is 5.91 Å². The second kappa shape index (κ2) is 8.14. The van der Waals surface area contributed by atoms with Gasteiger partial charge < -0.3 is 20.3 Å². The van der Waals surface area contributed by atoms with Crippen molar-refractivity contribution in [1.29, 1.82) is 0 Å². The molecule has 0 bridgehead atoms. The van der Waals surface area contributed by atoms with Gasteiger partial charge in [0.05, 0.1) is 12.3 Å². The highest BCUT2D eigenvalue weighted by Gasteiger charge is 2.09. The van der Waals surface area contributed by atoms with Crippen LogP contribution in [0, 0.1) is 6.92 Å². The Morgan fingerprint density at radius 2 is 2.00 bits per heavy atom. The average Bonchev–Trinajstić information content (AvgIpc) is 2.42. The zero-order chi connectivity index (χ0) is 15.8. The van der Waals surface area contributed by atoms with Crippen LogP contribution in [-0.2, 0) is 4.79 Å². The molecule has 1 rings (SSSR count). The zero-order valence-corrected chi connectivity index (χ0v) is 13.0. The van der Waals surface area contributed by atoms with Gasteiger partial charge in [-0.1, -0.05) is 6.07 Å². The van der Waals surface area contributed by atoms with Crippen molar-refractivity contribution in [2.45, 2.75) is 20.3 Å². The monoisotopic (exact) mass is 293 g/mol. The van der Waals surface area contributed by atoms with Crippen LogP contribution in [0.3, 0.4) is 0 Å². The van der Waals surface area contributed by atoms with E-state index in [0.29, 0.717) is 24.6 Å². The van der Waals surface area contributed by atoms with Crippen molar-refractivity contribution in [3.05, 3.63) is 23.8 Å². The fourth-order valence-electron chi connectivity index (χ4n) is 1.68. The molecule has 6 heteroatoms. The molecule has 0 radical (unpaired) electrons. The van der Waals surface area contributed by atoms with Gasteiger partial charge in [0.25, 0.3) is 0 Å². The first-order chi connectivity index (χ1) is 9.93. The first-order valence-corrected chi connectivity index (χ1v) is 6.92. The van der Waals surface area contributed by atoms with E-state index in [-0.39, 0.29) is 18.4 Å². The largest absolute Gasteiger partial charge is 0.492 e. The van der Waals surface area contributed by atoms with Crippen LogP contribution in [0.25, 0.3) is 0 Å². The Morgan fingerprint density at radius 1 is 1.29 bits per heavy atom. The molecule has 0 spiro atoms. The number of nitrogens with one attached hydrogen (secondary N) is 2. The van der Waals surface area contributed by atoms with E-state index < -0.39 is 0 Å². The van der Waals surface area contributed by atoms with Gasteiger partial charge in [-0.25, -0.2) is 4.79 Å². The van der Waals surface area contributed by atoms with Gasteiger partial charge in [-0.05, 0) is 31.5 Å². The minimum Gasteiger partial charge on any atom is -0.492 e. The maximum absolute atomic E-state index is 11.8. The van der Waals surface area contributed by atoms with E-state index in [0.717, 1.165) is 5.56 Å². The van der Waals surface area contributed by atoms with Crippen LogP contribution in [0.15, 0.2) is 18.2 Å². The number of carbonyl (C=O) groups excluding carboxylic acids is 2. The van der Waals surface area contributed by atoms with Gasteiger partial charge in [0, 0.05) is 27.1 Å². The Balaban J connectivity index is 2.53. The molecular weight excluding hydrogens is 270 g/mol. The van der Waals surface area contributed by atoms with Crippen LogP contribution in [-0.4, -0.2) is 44.1 Å². The van der Waals surface area contributed by atoms with E-state index in [2.05, 4.69) is 10.6 Å². The number of anilines is 1. The maximum atomic E-state index is 11.8. The molecular formula is C15H23N3O3. The summed E-state index contributed by atoms with van der Waals surface area (Å²) in [5, 5.41) is 5.37. The van der Waals surface area contributed by atoms with Gasteiger partial charge in [0.15, 0.2) is 0 Å². The van der Waals surface area contributed by atoms with Crippen molar-refractivity contribution in [3.8, 4) is 5.75 Å². The Kier molecular flexibility index (Phi) is 6.52. The third-order valence-electron chi connectivity index (χ3n) is 2.81. The topological polar surface area (TPSA) is 70.7 Å². The molecule has 0 aliphatic heterocycles. The summed E-state index contributed by atoms with van der Waals surface area (Å²) in [4.78, 5) is 24.7. The number of hydrogen-bond donors (Lipinski definition) is 2. The van der Waals surface area contributed by atoms with E-state index in [1.54, 1.807) is 20.2 Å². The normalized spacial score (nSPS) is 9.90. The Labute approximate surface area is 125 Å². The highest BCUT2D eigenvalue weighted by Crippen LogP contribution is 2.25. The number of nitrogens with zero attached hydrogens (tertiary/aromatic N) is 1. The van der Waals surface area contributed by atoms with E-state index in [1.165, 1.54) is 4.90 Å². The summed E-state index contributed by atoms with van der Waals surface area (Å²) in [6, 6.07) is 5.21. The second-order valence-corrected chi connectivity index (χ2v) is 4.85. The van der Waals surface area contributed by atoms with Crippen molar-refractivity contribution in [1.82, 2.24) is 10.2 Å². The fraction of sp³-hybridized carbons (Fsp3) is 0.467. The summed E-state index contributed by atoms with van der Waals surface area (Å²) in [5.74, 6) is 0.609. The Morgan fingerprint density at radius 3 is 2.62 bits per heavy atom. The van der Waals surface area contributed by atoms with Crippen LogP contribution in [0.5, 0.6) is 5.75 Å². The van der Waals surface area contributed by atoms with Gasteiger partial charge in [-0.3, -0.25) is 4.79 Å². The first kappa shape index (κ1) is 16.8. The quantitative estimate of drug-likeness (QED) is 0.842. The molecule has 21 heavy (non-hydrogen) atoms. The Hall–Kier alpha value is -2.24. The van der Waals surface area contributed by atoms with Crippen LogP contribution in [0.4, 0.5) is 10.5 Å². The number of aryl methyl sites for hydroxylation is 1. The van der Waals surface area contributed by atoms with Crippen molar-refractivity contribution < 1.29 is 14.3 Å². The van der Waals surface area contributed by atoms with Crippen LogP contribution < -0.4 is 15.4 Å². The van der Waals surface area contributed by atoms with Crippen molar-refractivity contribution in [3.63, 3.8) is 0 Å². The third kappa shape index (κ3) is 5.72. The summed E-state index contributed by atoms with van der Waals surface area (Å²) in [6.45, 7) is 4.66. The summed E-state index contributed by atoms with van der Waals surface area (Å²) < 4.78 is 5.49. The summed E-state index contributed by atoms with van der Waals surface area (Å²) in [6.07, 6.45) is 0.270. The standard InChI is InChI=1S/C15H23N3O3/c1-5-21-13-10-11(2)6-7-12(13)17-15(20)16-9-8-14(19)18(3)4/h6-7,10H,5,8-9H2,1-4H3,(H2,16,17,20). The lowest BCUT2D eigenvalue weighted by atomic mass is 10.2. The van der Waals surface area contributed by atoms with Gasteiger partial charge in [-0.15, -0.1) is 0 Å². The molecule has 0 aromatic heterocycles. The summed E-state index contributed by atoms with van der Waals surface area (Å²) in [5.41, 5.74) is 1.67. The molecule has 0 aliphatic rings. The molecule has 0 fully saturated rings. The zero-order valence-electron chi connectivity index (χ0n) is 13.0. The predicted octanol–water partition coefficient (Wildman–Crippen LogP) is 1.99. The van der Waals surface area contributed by atoms with Crippen molar-refractivity contribution in [2.24, 2.45) is 0 Å². The maximum Gasteiger partial charge on any atom is 0.319 e. The average molecular weight is 293 g/mol. The van der Waals surface area contributed by atoms with E-state index >= 15 is 0 Å². The number of rotatable bonds is 6. The number of ether oxygens (including phenoxy) is 1. The molecule has 3 amide bonds. The van der Waals surface area contributed by atoms with Crippen LogP contribution >= 0.6 is 0 Å². The smallest absolute Gasteiger partial charge is 0.319 e. The van der Waals surface area contributed by atoms with Crippen LogP contribution in [0.1, 0.15) is 18.9 Å². The van der Waals surface area contributed by atoms with Gasteiger partial charge >= 0.3 is 6.03 Å². The molecule has 1 aromatic rings. The molecule has 116 valence electrons. The SMILES string of the molecule is CCOc1cc(C)ccc1NC(=O)NCCC(=O)N(C)C. The van der Waals surface area contributed by atoms with Crippen LogP contribution in [0.2, 0.25) is 0 Å². The number of hydrogen-bond acceptors (Lipinski definition) is 3. The molecule has 0 aliphatic carbocycles. The van der Waals surface area contributed by atoms with E-state index in [9.17, 15) is 9.59 Å². The summed E-state index contributed by atoms with van der Waals surface area (Å²) >= 11 is 0. The molecule has 0 saturated carbocycles. The molecule has 1 aromatic carbocycles.